The van der Waals surface area contributed by atoms with Gasteiger partial charge in [0.15, 0.2) is 0 Å². The quantitative estimate of drug-likeness (QED) is 0.715. The molecule has 0 heterocycles. The summed E-state index contributed by atoms with van der Waals surface area (Å²) in [6, 6.07) is 10.2. The highest BCUT2D eigenvalue weighted by atomic mass is 16.5. The number of hydrogen-bond donors (Lipinski definition) is 0. The third-order valence-corrected chi connectivity index (χ3v) is 2.44. The van der Waals surface area contributed by atoms with E-state index in [1.807, 2.05) is 18.2 Å². The third-order valence-electron chi connectivity index (χ3n) is 2.44. The van der Waals surface area contributed by atoms with Crippen LogP contribution in [0.2, 0.25) is 0 Å². The first-order chi connectivity index (χ1) is 7.22. The van der Waals surface area contributed by atoms with Crippen molar-refractivity contribution in [1.29, 1.82) is 0 Å². The van der Waals surface area contributed by atoms with Crippen LogP contribution in [0.1, 0.15) is 25.8 Å². The van der Waals surface area contributed by atoms with E-state index < -0.39 is 0 Å². The predicted molar refractivity (Wildman–Crippen MR) is 61.8 cm³/mol. The van der Waals surface area contributed by atoms with E-state index in [1.165, 1.54) is 5.56 Å². The summed E-state index contributed by atoms with van der Waals surface area (Å²) in [6.45, 7) is 4.82. The van der Waals surface area contributed by atoms with Crippen molar-refractivity contribution in [3.63, 3.8) is 0 Å². The number of ether oxygens (including phenoxy) is 2. The maximum Gasteiger partial charge on any atom is 0.0720 e. The van der Waals surface area contributed by atoms with Crippen LogP contribution >= 0.6 is 0 Å². The normalized spacial score (nSPS) is 14.9. The minimum Gasteiger partial charge on any atom is -0.382 e. The van der Waals surface area contributed by atoms with Crippen LogP contribution in [0.25, 0.3) is 0 Å². The Morgan fingerprint density at radius 3 is 2.33 bits per heavy atom. The molecule has 84 valence electrons. The van der Waals surface area contributed by atoms with Crippen LogP contribution in [-0.4, -0.2) is 19.3 Å². The number of benzene rings is 1. The molecule has 15 heavy (non-hydrogen) atoms. The molecule has 0 radical (unpaired) electrons. The second kappa shape index (κ2) is 6.59. The largest absolute Gasteiger partial charge is 0.382 e. The average Bonchev–Trinajstić information content (AvgIpc) is 2.27. The fourth-order valence-electron chi connectivity index (χ4n) is 1.44. The van der Waals surface area contributed by atoms with Crippen LogP contribution in [-0.2, 0) is 16.1 Å². The molecule has 0 aliphatic rings. The third kappa shape index (κ3) is 4.96. The molecule has 2 atom stereocenters. The molecule has 2 heteroatoms. The van der Waals surface area contributed by atoms with Gasteiger partial charge < -0.3 is 9.47 Å². The highest BCUT2D eigenvalue weighted by molar-refractivity contribution is 5.13. The van der Waals surface area contributed by atoms with Crippen molar-refractivity contribution in [2.24, 2.45) is 0 Å². The van der Waals surface area contributed by atoms with E-state index in [0.717, 1.165) is 6.42 Å². The van der Waals surface area contributed by atoms with Crippen molar-refractivity contribution in [3.05, 3.63) is 35.9 Å². The van der Waals surface area contributed by atoms with E-state index in [9.17, 15) is 0 Å². The lowest BCUT2D eigenvalue weighted by molar-refractivity contribution is 0.00613. The Balaban J connectivity index is 2.25. The second-order valence-electron chi connectivity index (χ2n) is 3.89. The summed E-state index contributed by atoms with van der Waals surface area (Å²) in [5.41, 5.74) is 1.22. The van der Waals surface area contributed by atoms with Crippen LogP contribution in [0.3, 0.4) is 0 Å². The van der Waals surface area contributed by atoms with Crippen molar-refractivity contribution < 1.29 is 9.47 Å². The zero-order valence-electron chi connectivity index (χ0n) is 9.77. The molecular formula is C13H20O2. The van der Waals surface area contributed by atoms with Crippen molar-refractivity contribution in [2.45, 2.75) is 39.1 Å². The molecule has 0 aliphatic carbocycles. The topological polar surface area (TPSA) is 18.5 Å². The SMILES string of the molecule is CO[C@@H](C)C[C@H](C)OCc1ccccc1. The lowest BCUT2D eigenvalue weighted by Gasteiger charge is -2.16. The zero-order valence-corrected chi connectivity index (χ0v) is 9.77. The van der Waals surface area contributed by atoms with Crippen molar-refractivity contribution in [1.82, 2.24) is 0 Å². The minimum atomic E-state index is 0.236. The minimum absolute atomic E-state index is 0.236. The second-order valence-corrected chi connectivity index (χ2v) is 3.89. The summed E-state index contributed by atoms with van der Waals surface area (Å²) in [5, 5.41) is 0. The smallest absolute Gasteiger partial charge is 0.0720 e. The molecule has 0 N–H and O–H groups in total. The fraction of sp³-hybridized carbons (Fsp3) is 0.538. The molecule has 0 aliphatic heterocycles. The molecule has 2 nitrogen and oxygen atoms in total. The molecule has 0 aromatic heterocycles. The molecule has 0 amide bonds. The molecule has 1 aromatic rings. The molecule has 0 fully saturated rings. The molecule has 0 saturated heterocycles. The van der Waals surface area contributed by atoms with E-state index in [1.54, 1.807) is 7.11 Å². The zero-order chi connectivity index (χ0) is 11.1. The Bertz CT molecular complexity index is 258. The predicted octanol–water partition coefficient (Wildman–Crippen LogP) is 3.02. The van der Waals surface area contributed by atoms with Gasteiger partial charge >= 0.3 is 0 Å². The monoisotopic (exact) mass is 208 g/mol. The number of hydrogen-bond acceptors (Lipinski definition) is 2. The lowest BCUT2D eigenvalue weighted by atomic mass is 10.2. The van der Waals surface area contributed by atoms with Gasteiger partial charge in [-0.3, -0.25) is 0 Å². The Labute approximate surface area is 92.2 Å². The van der Waals surface area contributed by atoms with Gasteiger partial charge in [-0.15, -0.1) is 0 Å². The van der Waals surface area contributed by atoms with Crippen LogP contribution in [0.15, 0.2) is 30.3 Å². The molecule has 1 aromatic carbocycles. The van der Waals surface area contributed by atoms with Gasteiger partial charge in [0.25, 0.3) is 0 Å². The van der Waals surface area contributed by atoms with Crippen LogP contribution < -0.4 is 0 Å². The standard InChI is InChI=1S/C13H20O2/c1-11(14-3)9-12(2)15-10-13-7-5-4-6-8-13/h4-8,11-12H,9-10H2,1-3H3/t11-,12-/m0/s1. The van der Waals surface area contributed by atoms with Crippen molar-refractivity contribution >= 4 is 0 Å². The summed E-state index contributed by atoms with van der Waals surface area (Å²) in [4.78, 5) is 0. The Kier molecular flexibility index (Phi) is 5.37. The van der Waals surface area contributed by atoms with Crippen LogP contribution in [0, 0.1) is 0 Å². The fourth-order valence-corrected chi connectivity index (χ4v) is 1.44. The molecule has 0 unspecified atom stereocenters. The summed E-state index contributed by atoms with van der Waals surface area (Å²) in [5.74, 6) is 0. The average molecular weight is 208 g/mol. The van der Waals surface area contributed by atoms with Gasteiger partial charge in [-0.1, -0.05) is 30.3 Å². The van der Waals surface area contributed by atoms with E-state index in [-0.39, 0.29) is 12.2 Å². The number of methoxy groups -OCH3 is 1. The maximum absolute atomic E-state index is 5.72. The molecular weight excluding hydrogens is 188 g/mol. The van der Waals surface area contributed by atoms with E-state index in [4.69, 9.17) is 9.47 Å². The molecule has 0 saturated carbocycles. The summed E-state index contributed by atoms with van der Waals surface area (Å²) in [6.07, 6.45) is 1.43. The molecule has 0 spiro atoms. The highest BCUT2D eigenvalue weighted by Crippen LogP contribution is 2.08. The lowest BCUT2D eigenvalue weighted by Crippen LogP contribution is -2.17. The Morgan fingerprint density at radius 1 is 1.07 bits per heavy atom. The highest BCUT2D eigenvalue weighted by Gasteiger charge is 2.07. The van der Waals surface area contributed by atoms with Gasteiger partial charge in [-0.05, 0) is 25.8 Å². The van der Waals surface area contributed by atoms with E-state index in [0.29, 0.717) is 6.61 Å². The van der Waals surface area contributed by atoms with Crippen molar-refractivity contribution in [3.8, 4) is 0 Å². The van der Waals surface area contributed by atoms with E-state index >= 15 is 0 Å². The van der Waals surface area contributed by atoms with Gasteiger partial charge in [-0.25, -0.2) is 0 Å². The first-order valence-electron chi connectivity index (χ1n) is 5.40. The number of rotatable bonds is 6. The van der Waals surface area contributed by atoms with Gasteiger partial charge in [0.2, 0.25) is 0 Å². The van der Waals surface area contributed by atoms with Crippen LogP contribution in [0.5, 0.6) is 0 Å². The van der Waals surface area contributed by atoms with Gasteiger partial charge in [0.05, 0.1) is 18.8 Å². The first-order valence-corrected chi connectivity index (χ1v) is 5.40. The summed E-state index contributed by atoms with van der Waals surface area (Å²) in [7, 11) is 1.73. The Hall–Kier alpha value is -0.860. The summed E-state index contributed by atoms with van der Waals surface area (Å²) < 4.78 is 10.9. The van der Waals surface area contributed by atoms with Gasteiger partial charge in [0, 0.05) is 7.11 Å². The van der Waals surface area contributed by atoms with Crippen LogP contribution in [0.4, 0.5) is 0 Å². The maximum atomic E-state index is 5.72. The Morgan fingerprint density at radius 2 is 1.73 bits per heavy atom. The molecule has 0 bridgehead atoms. The van der Waals surface area contributed by atoms with E-state index in [2.05, 4.69) is 26.0 Å². The molecule has 1 rings (SSSR count). The van der Waals surface area contributed by atoms with Gasteiger partial charge in [0.1, 0.15) is 0 Å². The van der Waals surface area contributed by atoms with Crippen molar-refractivity contribution in [2.75, 3.05) is 7.11 Å². The first kappa shape index (κ1) is 12.2. The van der Waals surface area contributed by atoms with Gasteiger partial charge in [-0.2, -0.15) is 0 Å². The summed E-state index contributed by atoms with van der Waals surface area (Å²) >= 11 is 0.